The molecule has 0 spiro atoms. The molecule has 2 unspecified atom stereocenters. The van der Waals surface area contributed by atoms with Gasteiger partial charge in [0, 0.05) is 14.6 Å². The molecule has 104 valence electrons. The van der Waals surface area contributed by atoms with Crippen molar-refractivity contribution in [3.8, 4) is 0 Å². The number of hydrogen-bond acceptors (Lipinski definition) is 2. The number of hydrogen-bond donors (Lipinski definition) is 1. The predicted octanol–water partition coefficient (Wildman–Crippen LogP) is 5.06. The van der Waals surface area contributed by atoms with Crippen molar-refractivity contribution in [1.29, 1.82) is 0 Å². The minimum Gasteiger partial charge on any atom is -0.478 e. The number of halogens is 1. The summed E-state index contributed by atoms with van der Waals surface area (Å²) in [7, 11) is 0. The Morgan fingerprint density at radius 3 is 2.47 bits per heavy atom. The Morgan fingerprint density at radius 2 is 1.89 bits per heavy atom. The molecule has 0 heterocycles. The molecule has 2 rings (SSSR count). The van der Waals surface area contributed by atoms with Crippen LogP contribution in [0.15, 0.2) is 27.6 Å². The van der Waals surface area contributed by atoms with Gasteiger partial charge in [-0.25, -0.2) is 4.79 Å². The predicted molar refractivity (Wildman–Crippen MR) is 82.9 cm³/mol. The van der Waals surface area contributed by atoms with Crippen LogP contribution in [0.5, 0.6) is 0 Å². The van der Waals surface area contributed by atoms with Gasteiger partial charge in [0.1, 0.15) is 0 Å². The van der Waals surface area contributed by atoms with Gasteiger partial charge in [0.2, 0.25) is 0 Å². The molecule has 1 aromatic carbocycles. The Morgan fingerprint density at radius 1 is 1.26 bits per heavy atom. The Labute approximate surface area is 127 Å². The van der Waals surface area contributed by atoms with Crippen LogP contribution in [0.25, 0.3) is 0 Å². The first kappa shape index (κ1) is 14.9. The molecule has 0 saturated heterocycles. The molecule has 1 saturated carbocycles. The maximum atomic E-state index is 11.3. The number of benzene rings is 1. The van der Waals surface area contributed by atoms with E-state index >= 15 is 0 Å². The lowest BCUT2D eigenvalue weighted by atomic mass is 9.83. The van der Waals surface area contributed by atoms with Crippen molar-refractivity contribution in [1.82, 2.24) is 0 Å². The monoisotopic (exact) mass is 342 g/mol. The highest BCUT2D eigenvalue weighted by Gasteiger charge is 2.26. The number of thioether (sulfide) groups is 1. The van der Waals surface area contributed by atoms with E-state index in [0.29, 0.717) is 10.8 Å². The maximum Gasteiger partial charge on any atom is 0.336 e. The molecule has 0 amide bonds. The van der Waals surface area contributed by atoms with Gasteiger partial charge in [-0.1, -0.05) is 29.8 Å². The Hall–Kier alpha value is -0.480. The largest absolute Gasteiger partial charge is 0.478 e. The van der Waals surface area contributed by atoms with E-state index in [0.717, 1.165) is 21.2 Å². The van der Waals surface area contributed by atoms with Gasteiger partial charge in [0.25, 0.3) is 0 Å². The summed E-state index contributed by atoms with van der Waals surface area (Å²) in [5.41, 5.74) is 0.416. The molecule has 1 aromatic rings. The number of rotatable bonds is 3. The fourth-order valence-corrected chi connectivity index (χ4v) is 5.12. The van der Waals surface area contributed by atoms with E-state index in [-0.39, 0.29) is 0 Å². The first-order chi connectivity index (χ1) is 8.95. The molecule has 1 fully saturated rings. The van der Waals surface area contributed by atoms with Gasteiger partial charge >= 0.3 is 5.97 Å². The zero-order valence-electron chi connectivity index (χ0n) is 11.2. The zero-order chi connectivity index (χ0) is 14.0. The van der Waals surface area contributed by atoms with Gasteiger partial charge in [0.05, 0.1) is 5.56 Å². The minimum atomic E-state index is -0.841. The van der Waals surface area contributed by atoms with Gasteiger partial charge in [-0.3, -0.25) is 0 Å². The lowest BCUT2D eigenvalue weighted by Crippen LogP contribution is -2.21. The standard InChI is InChI=1S/C15H19BrO2S/c1-9-5-10(2)7-12(6-9)19-14-8-11(16)3-4-13(14)15(17)18/h3-4,8-10,12H,5-7H2,1-2H3,(H,17,18). The quantitative estimate of drug-likeness (QED) is 0.833. The summed E-state index contributed by atoms with van der Waals surface area (Å²) < 4.78 is 0.942. The van der Waals surface area contributed by atoms with E-state index < -0.39 is 5.97 Å². The van der Waals surface area contributed by atoms with Crippen molar-refractivity contribution in [3.05, 3.63) is 28.2 Å². The van der Waals surface area contributed by atoms with Crippen molar-refractivity contribution < 1.29 is 9.90 Å². The molecule has 1 N–H and O–H groups in total. The molecule has 2 atom stereocenters. The second-order valence-corrected chi connectivity index (χ2v) is 7.86. The average Bonchev–Trinajstić information content (AvgIpc) is 2.26. The first-order valence-corrected chi connectivity index (χ1v) is 8.32. The molecule has 0 bridgehead atoms. The second kappa shape index (κ2) is 6.31. The van der Waals surface area contributed by atoms with E-state index in [1.54, 1.807) is 23.9 Å². The van der Waals surface area contributed by atoms with E-state index in [9.17, 15) is 9.90 Å². The Balaban J connectivity index is 2.18. The van der Waals surface area contributed by atoms with Crippen molar-refractivity contribution in [2.75, 3.05) is 0 Å². The maximum absolute atomic E-state index is 11.3. The fourth-order valence-electron chi connectivity index (χ4n) is 2.92. The van der Waals surface area contributed by atoms with Crippen LogP contribution in [0, 0.1) is 11.8 Å². The highest BCUT2D eigenvalue weighted by atomic mass is 79.9. The topological polar surface area (TPSA) is 37.3 Å². The summed E-state index contributed by atoms with van der Waals surface area (Å²) >= 11 is 5.16. The van der Waals surface area contributed by atoms with Crippen LogP contribution in [-0.2, 0) is 0 Å². The van der Waals surface area contributed by atoms with E-state index in [2.05, 4.69) is 29.8 Å². The summed E-state index contributed by atoms with van der Waals surface area (Å²) in [6.07, 6.45) is 3.66. The highest BCUT2D eigenvalue weighted by molar-refractivity contribution is 9.10. The summed E-state index contributed by atoms with van der Waals surface area (Å²) in [4.78, 5) is 12.2. The van der Waals surface area contributed by atoms with Crippen LogP contribution >= 0.6 is 27.7 Å². The lowest BCUT2D eigenvalue weighted by molar-refractivity contribution is 0.0693. The number of carbonyl (C=O) groups is 1. The molecular formula is C15H19BrO2S. The SMILES string of the molecule is CC1CC(C)CC(Sc2cc(Br)ccc2C(=O)O)C1. The third-order valence-corrected chi connectivity index (χ3v) is 5.41. The van der Waals surface area contributed by atoms with Crippen LogP contribution in [0.4, 0.5) is 0 Å². The fraction of sp³-hybridized carbons (Fsp3) is 0.533. The average molecular weight is 343 g/mol. The third kappa shape index (κ3) is 3.99. The van der Waals surface area contributed by atoms with E-state index in [4.69, 9.17) is 0 Å². The Bertz CT molecular complexity index is 465. The Kier molecular flexibility index (Phi) is 4.96. The lowest BCUT2D eigenvalue weighted by Gasteiger charge is -2.31. The summed E-state index contributed by atoms with van der Waals surface area (Å²) in [6, 6.07) is 5.40. The van der Waals surface area contributed by atoms with Gasteiger partial charge in [-0.05, 0) is 49.3 Å². The van der Waals surface area contributed by atoms with Crippen LogP contribution < -0.4 is 0 Å². The molecule has 1 aliphatic rings. The summed E-state index contributed by atoms with van der Waals surface area (Å²) in [6.45, 7) is 4.59. The van der Waals surface area contributed by atoms with Gasteiger partial charge in [-0.15, -0.1) is 11.8 Å². The molecule has 4 heteroatoms. The molecule has 0 aromatic heterocycles. The number of aromatic carboxylic acids is 1. The molecular weight excluding hydrogens is 324 g/mol. The minimum absolute atomic E-state index is 0.416. The third-order valence-electron chi connectivity index (χ3n) is 3.60. The van der Waals surface area contributed by atoms with Crippen molar-refractivity contribution in [3.63, 3.8) is 0 Å². The van der Waals surface area contributed by atoms with E-state index in [1.165, 1.54) is 19.3 Å². The van der Waals surface area contributed by atoms with Gasteiger partial charge in [-0.2, -0.15) is 0 Å². The summed E-state index contributed by atoms with van der Waals surface area (Å²) in [5.74, 6) is 0.635. The van der Waals surface area contributed by atoms with Crippen molar-refractivity contribution in [2.24, 2.45) is 11.8 Å². The smallest absolute Gasteiger partial charge is 0.336 e. The van der Waals surface area contributed by atoms with E-state index in [1.807, 2.05) is 6.07 Å². The number of carboxylic acid groups (broad SMARTS) is 1. The van der Waals surface area contributed by atoms with Gasteiger partial charge < -0.3 is 5.11 Å². The molecule has 1 aliphatic carbocycles. The van der Waals surface area contributed by atoms with Gasteiger partial charge in [0.15, 0.2) is 0 Å². The van der Waals surface area contributed by atoms with Crippen LogP contribution in [0.1, 0.15) is 43.5 Å². The molecule has 19 heavy (non-hydrogen) atoms. The zero-order valence-corrected chi connectivity index (χ0v) is 13.6. The van der Waals surface area contributed by atoms with Crippen LogP contribution in [-0.4, -0.2) is 16.3 Å². The molecule has 0 radical (unpaired) electrons. The van der Waals surface area contributed by atoms with Crippen molar-refractivity contribution >= 4 is 33.7 Å². The van der Waals surface area contributed by atoms with Crippen LogP contribution in [0.2, 0.25) is 0 Å². The van der Waals surface area contributed by atoms with Crippen molar-refractivity contribution in [2.45, 2.75) is 43.3 Å². The molecule has 0 aliphatic heterocycles. The molecule has 2 nitrogen and oxygen atoms in total. The first-order valence-electron chi connectivity index (χ1n) is 6.65. The van der Waals surface area contributed by atoms with Crippen LogP contribution in [0.3, 0.4) is 0 Å². The number of carboxylic acids is 1. The highest BCUT2D eigenvalue weighted by Crippen LogP contribution is 2.40. The second-order valence-electron chi connectivity index (χ2n) is 5.60. The normalized spacial score (nSPS) is 27.2. The summed E-state index contributed by atoms with van der Waals surface area (Å²) in [5, 5.41) is 9.79.